The van der Waals surface area contributed by atoms with E-state index in [1.54, 1.807) is 0 Å². The molecular formula is C17H28N2. The summed E-state index contributed by atoms with van der Waals surface area (Å²) < 4.78 is 0. The zero-order valence-electron chi connectivity index (χ0n) is 12.9. The molecule has 1 aliphatic rings. The lowest BCUT2D eigenvalue weighted by Gasteiger charge is -2.25. The molecule has 2 rings (SSSR count). The number of hydrogen-bond donors (Lipinski definition) is 1. The molecule has 19 heavy (non-hydrogen) atoms. The van der Waals surface area contributed by atoms with Crippen LogP contribution < -0.4 is 5.32 Å². The van der Waals surface area contributed by atoms with Gasteiger partial charge >= 0.3 is 0 Å². The van der Waals surface area contributed by atoms with Crippen molar-refractivity contribution < 1.29 is 0 Å². The van der Waals surface area contributed by atoms with E-state index in [1.807, 2.05) is 0 Å². The summed E-state index contributed by atoms with van der Waals surface area (Å²) in [6.45, 7) is 9.22. The molecule has 1 aromatic carbocycles. The quantitative estimate of drug-likeness (QED) is 0.872. The molecule has 1 heterocycles. The van der Waals surface area contributed by atoms with E-state index in [1.165, 1.54) is 49.0 Å². The number of aryl methyl sites for hydroxylation is 2. The second kappa shape index (κ2) is 6.53. The fraction of sp³-hybridized carbons (Fsp3) is 0.647. The van der Waals surface area contributed by atoms with Gasteiger partial charge in [0.05, 0.1) is 0 Å². The van der Waals surface area contributed by atoms with Gasteiger partial charge < -0.3 is 10.2 Å². The first-order valence-corrected chi connectivity index (χ1v) is 7.59. The Kier molecular flexibility index (Phi) is 5.00. The molecule has 0 radical (unpaired) electrons. The molecule has 1 aromatic rings. The van der Waals surface area contributed by atoms with E-state index in [9.17, 15) is 0 Å². The van der Waals surface area contributed by atoms with E-state index >= 15 is 0 Å². The highest BCUT2D eigenvalue weighted by Gasteiger charge is 2.21. The summed E-state index contributed by atoms with van der Waals surface area (Å²) in [5, 5.41) is 3.48. The highest BCUT2D eigenvalue weighted by Crippen LogP contribution is 2.23. The highest BCUT2D eigenvalue weighted by molar-refractivity contribution is 5.30. The fourth-order valence-electron chi connectivity index (χ4n) is 3.31. The molecule has 2 atom stereocenters. The average Bonchev–Trinajstić information content (AvgIpc) is 2.75. The lowest BCUT2D eigenvalue weighted by atomic mass is 9.99. The Hall–Kier alpha value is -0.860. The summed E-state index contributed by atoms with van der Waals surface area (Å²) in [6, 6.07) is 8.14. The highest BCUT2D eigenvalue weighted by atomic mass is 15.2. The summed E-state index contributed by atoms with van der Waals surface area (Å²) in [6.07, 6.45) is 3.94. The molecule has 0 aliphatic carbocycles. The second-order valence-corrected chi connectivity index (χ2v) is 6.08. The van der Waals surface area contributed by atoms with E-state index in [0.29, 0.717) is 6.04 Å². The Bertz CT molecular complexity index is 393. The number of likely N-dealkylation sites (tertiary alicyclic amines) is 1. The van der Waals surface area contributed by atoms with Gasteiger partial charge in [0.2, 0.25) is 0 Å². The van der Waals surface area contributed by atoms with Gasteiger partial charge in [0.1, 0.15) is 0 Å². The van der Waals surface area contributed by atoms with Crippen LogP contribution in [0.4, 0.5) is 0 Å². The van der Waals surface area contributed by atoms with Gasteiger partial charge in [-0.2, -0.15) is 0 Å². The van der Waals surface area contributed by atoms with Gasteiger partial charge in [-0.3, -0.25) is 0 Å². The van der Waals surface area contributed by atoms with Crippen molar-refractivity contribution in [1.82, 2.24) is 10.2 Å². The minimum Gasteiger partial charge on any atom is -0.313 e. The van der Waals surface area contributed by atoms with E-state index in [-0.39, 0.29) is 0 Å². The van der Waals surface area contributed by atoms with Crippen molar-refractivity contribution in [3.8, 4) is 0 Å². The van der Waals surface area contributed by atoms with Crippen LogP contribution in [0, 0.1) is 13.8 Å². The third kappa shape index (κ3) is 3.80. The van der Waals surface area contributed by atoms with E-state index < -0.39 is 0 Å². The van der Waals surface area contributed by atoms with Gasteiger partial charge in [-0.25, -0.2) is 0 Å². The maximum atomic E-state index is 3.48. The van der Waals surface area contributed by atoms with Crippen LogP contribution in [0.5, 0.6) is 0 Å². The molecule has 2 heteroatoms. The number of nitrogens with one attached hydrogen (secondary N) is 1. The average molecular weight is 260 g/mol. The van der Waals surface area contributed by atoms with Crippen LogP contribution in [0.25, 0.3) is 0 Å². The van der Waals surface area contributed by atoms with Crippen molar-refractivity contribution in [3.63, 3.8) is 0 Å². The molecule has 1 N–H and O–H groups in total. The lowest BCUT2D eigenvalue weighted by Crippen LogP contribution is -2.30. The van der Waals surface area contributed by atoms with Crippen LogP contribution in [-0.2, 0) is 0 Å². The van der Waals surface area contributed by atoms with Crippen LogP contribution in [0.15, 0.2) is 18.2 Å². The van der Waals surface area contributed by atoms with Gasteiger partial charge in [0, 0.05) is 18.6 Å². The van der Waals surface area contributed by atoms with Crippen LogP contribution in [0.2, 0.25) is 0 Å². The topological polar surface area (TPSA) is 15.3 Å². The lowest BCUT2D eigenvalue weighted by molar-refractivity contribution is 0.253. The maximum Gasteiger partial charge on any atom is 0.0329 e. The molecule has 106 valence electrons. The Morgan fingerprint density at radius 1 is 1.26 bits per heavy atom. The molecule has 2 nitrogen and oxygen atoms in total. The minimum atomic E-state index is 0.478. The predicted octanol–water partition coefficient (Wildman–Crippen LogP) is 3.44. The molecule has 0 amide bonds. The molecule has 2 unspecified atom stereocenters. The van der Waals surface area contributed by atoms with E-state index in [4.69, 9.17) is 0 Å². The van der Waals surface area contributed by atoms with E-state index in [2.05, 4.69) is 56.2 Å². The summed E-state index contributed by atoms with van der Waals surface area (Å²) in [5.41, 5.74) is 4.17. The Morgan fingerprint density at radius 3 is 2.47 bits per heavy atom. The minimum absolute atomic E-state index is 0.478. The Morgan fingerprint density at radius 2 is 1.95 bits per heavy atom. The van der Waals surface area contributed by atoms with E-state index in [0.717, 1.165) is 6.04 Å². The smallest absolute Gasteiger partial charge is 0.0329 e. The first kappa shape index (κ1) is 14.5. The molecule has 1 aliphatic heterocycles. The number of rotatable bonds is 5. The largest absolute Gasteiger partial charge is 0.313 e. The molecule has 1 saturated heterocycles. The second-order valence-electron chi connectivity index (χ2n) is 6.08. The van der Waals surface area contributed by atoms with Crippen molar-refractivity contribution in [2.24, 2.45) is 0 Å². The zero-order valence-corrected chi connectivity index (χ0v) is 12.9. The molecule has 1 fully saturated rings. The molecule has 0 spiro atoms. The summed E-state index contributed by atoms with van der Waals surface area (Å²) in [5.74, 6) is 0. The SMILES string of the molecule is CNC(CCN1CCCC1C)c1cc(C)cc(C)c1. The van der Waals surface area contributed by atoms with Crippen LogP contribution in [0.1, 0.15) is 48.9 Å². The van der Waals surface area contributed by atoms with Crippen molar-refractivity contribution in [2.75, 3.05) is 20.1 Å². The number of hydrogen-bond acceptors (Lipinski definition) is 2. The van der Waals surface area contributed by atoms with Crippen molar-refractivity contribution in [3.05, 3.63) is 34.9 Å². The Labute approximate surface area is 118 Å². The summed E-state index contributed by atoms with van der Waals surface area (Å²) in [7, 11) is 2.08. The third-order valence-electron chi connectivity index (χ3n) is 4.39. The summed E-state index contributed by atoms with van der Waals surface area (Å²) in [4.78, 5) is 2.63. The standard InChI is InChI=1S/C17H28N2/c1-13-10-14(2)12-16(11-13)17(18-4)7-9-19-8-5-6-15(19)3/h10-12,15,17-18H,5-9H2,1-4H3. The Balaban J connectivity index is 1.99. The van der Waals surface area contributed by atoms with Crippen molar-refractivity contribution in [1.29, 1.82) is 0 Å². The zero-order chi connectivity index (χ0) is 13.8. The number of benzene rings is 1. The molecule has 0 bridgehead atoms. The fourth-order valence-corrected chi connectivity index (χ4v) is 3.31. The first-order valence-electron chi connectivity index (χ1n) is 7.59. The molecular weight excluding hydrogens is 232 g/mol. The first-order chi connectivity index (χ1) is 9.10. The number of nitrogens with zero attached hydrogens (tertiary/aromatic N) is 1. The van der Waals surface area contributed by atoms with Crippen LogP contribution in [-0.4, -0.2) is 31.1 Å². The van der Waals surface area contributed by atoms with Gasteiger partial charge in [-0.05, 0) is 59.2 Å². The molecule has 0 saturated carbocycles. The predicted molar refractivity (Wildman–Crippen MR) is 82.6 cm³/mol. The third-order valence-corrected chi connectivity index (χ3v) is 4.39. The van der Waals surface area contributed by atoms with Crippen molar-refractivity contribution in [2.45, 2.75) is 52.1 Å². The van der Waals surface area contributed by atoms with Gasteiger partial charge in [0.15, 0.2) is 0 Å². The van der Waals surface area contributed by atoms with Crippen LogP contribution >= 0.6 is 0 Å². The van der Waals surface area contributed by atoms with Gasteiger partial charge in [0.25, 0.3) is 0 Å². The monoisotopic (exact) mass is 260 g/mol. The summed E-state index contributed by atoms with van der Waals surface area (Å²) >= 11 is 0. The van der Waals surface area contributed by atoms with Gasteiger partial charge in [-0.15, -0.1) is 0 Å². The normalized spacial score (nSPS) is 21.8. The van der Waals surface area contributed by atoms with Crippen molar-refractivity contribution >= 4 is 0 Å². The maximum absolute atomic E-state index is 3.48. The van der Waals surface area contributed by atoms with Crippen LogP contribution in [0.3, 0.4) is 0 Å². The van der Waals surface area contributed by atoms with Gasteiger partial charge in [-0.1, -0.05) is 29.3 Å². The molecule has 0 aromatic heterocycles.